The van der Waals surface area contributed by atoms with Crippen molar-refractivity contribution >= 4 is 46.0 Å². The Morgan fingerprint density at radius 1 is 0.917 bits per heavy atom. The standard InChI is InChI=1S/C16H10Cl2N6/c17-9-4-3-5-10(18)12(9)14-23-13-15(20-8-21-16(13)24-14)22-11-6-1-2-7-19-11/h1-8H,(H2,19,20,21,22,23,24). The molecular weight excluding hydrogens is 347 g/mol. The number of rotatable bonds is 3. The van der Waals surface area contributed by atoms with Crippen molar-refractivity contribution in [3.63, 3.8) is 0 Å². The van der Waals surface area contributed by atoms with Gasteiger partial charge in [-0.15, -0.1) is 0 Å². The van der Waals surface area contributed by atoms with Crippen molar-refractivity contribution in [3.8, 4) is 11.4 Å². The number of nitrogens with zero attached hydrogens (tertiary/aromatic N) is 4. The molecule has 2 N–H and O–H groups in total. The van der Waals surface area contributed by atoms with Crippen LogP contribution in [0.2, 0.25) is 10.0 Å². The van der Waals surface area contributed by atoms with E-state index in [4.69, 9.17) is 23.2 Å². The summed E-state index contributed by atoms with van der Waals surface area (Å²) in [6.07, 6.45) is 3.13. The van der Waals surface area contributed by atoms with Crippen LogP contribution in [0.15, 0.2) is 48.9 Å². The van der Waals surface area contributed by atoms with E-state index in [0.29, 0.717) is 44.2 Å². The van der Waals surface area contributed by atoms with Crippen LogP contribution in [0.1, 0.15) is 0 Å². The average molecular weight is 357 g/mol. The van der Waals surface area contributed by atoms with E-state index >= 15 is 0 Å². The predicted octanol–water partition coefficient (Wildman–Crippen LogP) is 4.47. The number of hydrogen-bond donors (Lipinski definition) is 2. The molecule has 0 bridgehead atoms. The Kier molecular flexibility index (Phi) is 3.76. The van der Waals surface area contributed by atoms with Gasteiger partial charge in [0, 0.05) is 6.20 Å². The molecule has 0 saturated carbocycles. The molecule has 0 saturated heterocycles. The van der Waals surface area contributed by atoms with Crippen LogP contribution in [-0.4, -0.2) is 24.9 Å². The fourth-order valence-corrected chi connectivity index (χ4v) is 2.90. The van der Waals surface area contributed by atoms with Crippen LogP contribution in [0, 0.1) is 0 Å². The highest BCUT2D eigenvalue weighted by Gasteiger charge is 2.15. The molecule has 0 fully saturated rings. The number of H-pyrrole nitrogens is 1. The zero-order chi connectivity index (χ0) is 16.5. The Hall–Kier alpha value is -2.70. The fourth-order valence-electron chi connectivity index (χ4n) is 2.32. The number of aromatic amines is 1. The molecule has 3 aromatic heterocycles. The van der Waals surface area contributed by atoms with Crippen LogP contribution >= 0.6 is 23.2 Å². The van der Waals surface area contributed by atoms with E-state index in [1.807, 2.05) is 18.2 Å². The summed E-state index contributed by atoms with van der Waals surface area (Å²) in [6, 6.07) is 10.9. The van der Waals surface area contributed by atoms with Gasteiger partial charge in [0.05, 0.1) is 15.6 Å². The van der Waals surface area contributed by atoms with Gasteiger partial charge in [0.15, 0.2) is 11.5 Å². The summed E-state index contributed by atoms with van der Waals surface area (Å²) in [5.74, 6) is 1.77. The van der Waals surface area contributed by atoms with Crippen molar-refractivity contribution in [2.24, 2.45) is 0 Å². The van der Waals surface area contributed by atoms with E-state index in [-0.39, 0.29) is 0 Å². The highest BCUT2D eigenvalue weighted by Crippen LogP contribution is 2.34. The molecule has 6 nitrogen and oxygen atoms in total. The second-order valence-electron chi connectivity index (χ2n) is 4.94. The molecule has 0 unspecified atom stereocenters. The molecular formula is C16H10Cl2N6. The number of anilines is 2. The van der Waals surface area contributed by atoms with Gasteiger partial charge >= 0.3 is 0 Å². The summed E-state index contributed by atoms with van der Waals surface area (Å²) < 4.78 is 0. The lowest BCUT2D eigenvalue weighted by Gasteiger charge is -2.04. The molecule has 0 radical (unpaired) electrons. The first-order valence-corrected chi connectivity index (χ1v) is 7.81. The first-order chi connectivity index (χ1) is 11.7. The van der Waals surface area contributed by atoms with Crippen LogP contribution in [0.4, 0.5) is 11.6 Å². The number of nitrogens with one attached hydrogen (secondary N) is 2. The molecule has 118 valence electrons. The molecule has 0 aliphatic rings. The molecule has 8 heteroatoms. The van der Waals surface area contributed by atoms with Crippen LogP contribution in [0.3, 0.4) is 0 Å². The number of hydrogen-bond acceptors (Lipinski definition) is 5. The summed E-state index contributed by atoms with van der Waals surface area (Å²) in [6.45, 7) is 0. The van der Waals surface area contributed by atoms with Crippen molar-refractivity contribution in [1.82, 2.24) is 24.9 Å². The van der Waals surface area contributed by atoms with Crippen LogP contribution in [0.5, 0.6) is 0 Å². The number of pyridine rings is 1. The number of imidazole rings is 1. The van der Waals surface area contributed by atoms with Crippen molar-refractivity contribution in [2.75, 3.05) is 5.32 Å². The topological polar surface area (TPSA) is 79.4 Å². The molecule has 4 aromatic rings. The Bertz CT molecular complexity index is 995. The van der Waals surface area contributed by atoms with Gasteiger partial charge in [-0.1, -0.05) is 35.3 Å². The normalized spacial score (nSPS) is 10.9. The molecule has 24 heavy (non-hydrogen) atoms. The van der Waals surface area contributed by atoms with Gasteiger partial charge < -0.3 is 10.3 Å². The number of aromatic nitrogens is 5. The molecule has 0 atom stereocenters. The van der Waals surface area contributed by atoms with E-state index < -0.39 is 0 Å². The minimum Gasteiger partial charge on any atom is -0.333 e. The fraction of sp³-hybridized carbons (Fsp3) is 0. The van der Waals surface area contributed by atoms with Gasteiger partial charge in [-0.3, -0.25) is 0 Å². The van der Waals surface area contributed by atoms with E-state index in [1.165, 1.54) is 6.33 Å². The summed E-state index contributed by atoms with van der Waals surface area (Å²) in [5, 5.41) is 4.16. The lowest BCUT2D eigenvalue weighted by atomic mass is 10.2. The van der Waals surface area contributed by atoms with Crippen molar-refractivity contribution in [3.05, 3.63) is 59.0 Å². The van der Waals surface area contributed by atoms with Crippen LogP contribution < -0.4 is 5.32 Å². The van der Waals surface area contributed by atoms with E-state index in [9.17, 15) is 0 Å². The largest absolute Gasteiger partial charge is 0.333 e. The monoisotopic (exact) mass is 356 g/mol. The highest BCUT2D eigenvalue weighted by molar-refractivity contribution is 6.39. The Balaban J connectivity index is 1.83. The van der Waals surface area contributed by atoms with Gasteiger partial charge in [0.25, 0.3) is 0 Å². The first-order valence-electron chi connectivity index (χ1n) is 7.05. The van der Waals surface area contributed by atoms with E-state index in [1.54, 1.807) is 24.4 Å². The molecule has 3 heterocycles. The van der Waals surface area contributed by atoms with Gasteiger partial charge in [0.2, 0.25) is 0 Å². The van der Waals surface area contributed by atoms with Crippen molar-refractivity contribution < 1.29 is 0 Å². The average Bonchev–Trinajstić information content (AvgIpc) is 3.00. The summed E-state index contributed by atoms with van der Waals surface area (Å²) in [5.41, 5.74) is 1.78. The molecule has 0 aliphatic carbocycles. The zero-order valence-corrected chi connectivity index (χ0v) is 13.7. The first kappa shape index (κ1) is 14.9. The third-order valence-corrected chi connectivity index (χ3v) is 4.03. The highest BCUT2D eigenvalue weighted by atomic mass is 35.5. The van der Waals surface area contributed by atoms with Gasteiger partial charge in [-0.25, -0.2) is 19.9 Å². The Morgan fingerprint density at radius 3 is 2.50 bits per heavy atom. The Morgan fingerprint density at radius 2 is 1.75 bits per heavy atom. The molecule has 0 spiro atoms. The van der Waals surface area contributed by atoms with E-state index in [2.05, 4.69) is 30.2 Å². The summed E-state index contributed by atoms with van der Waals surface area (Å²) >= 11 is 12.5. The predicted molar refractivity (Wildman–Crippen MR) is 94.7 cm³/mol. The maximum atomic E-state index is 6.26. The third-order valence-electron chi connectivity index (χ3n) is 3.40. The molecule has 0 aliphatic heterocycles. The van der Waals surface area contributed by atoms with Gasteiger partial charge in [-0.05, 0) is 24.3 Å². The third kappa shape index (κ3) is 2.66. The number of fused-ring (bicyclic) bond motifs is 1. The van der Waals surface area contributed by atoms with Crippen LogP contribution in [0.25, 0.3) is 22.6 Å². The number of benzene rings is 1. The Labute approximate surface area is 146 Å². The zero-order valence-electron chi connectivity index (χ0n) is 12.2. The number of halogens is 2. The minimum atomic E-state index is 0.508. The van der Waals surface area contributed by atoms with Gasteiger partial charge in [-0.2, -0.15) is 0 Å². The second-order valence-corrected chi connectivity index (χ2v) is 5.76. The molecule has 4 rings (SSSR count). The molecule has 1 aromatic carbocycles. The van der Waals surface area contributed by atoms with Crippen molar-refractivity contribution in [1.29, 1.82) is 0 Å². The smallest absolute Gasteiger partial charge is 0.183 e. The van der Waals surface area contributed by atoms with Crippen LogP contribution in [-0.2, 0) is 0 Å². The second kappa shape index (κ2) is 6.07. The van der Waals surface area contributed by atoms with Gasteiger partial charge in [0.1, 0.15) is 23.5 Å². The van der Waals surface area contributed by atoms with Crippen molar-refractivity contribution in [2.45, 2.75) is 0 Å². The molecule has 0 amide bonds. The summed E-state index contributed by atoms with van der Waals surface area (Å²) in [4.78, 5) is 20.3. The maximum absolute atomic E-state index is 6.26. The quantitative estimate of drug-likeness (QED) is 0.566. The minimum absolute atomic E-state index is 0.508. The lowest BCUT2D eigenvalue weighted by Crippen LogP contribution is -1.97. The summed E-state index contributed by atoms with van der Waals surface area (Å²) in [7, 11) is 0. The SMILES string of the molecule is Clc1cccc(Cl)c1-c1nc2ncnc(Nc3ccccn3)c2[nH]1. The maximum Gasteiger partial charge on any atom is 0.183 e. The lowest BCUT2D eigenvalue weighted by molar-refractivity contribution is 1.19. The van der Waals surface area contributed by atoms with E-state index in [0.717, 1.165) is 0 Å².